The Morgan fingerprint density at radius 1 is 1.15 bits per heavy atom. The van der Waals surface area contributed by atoms with Gasteiger partial charge in [-0.25, -0.2) is 14.1 Å². The quantitative estimate of drug-likeness (QED) is 0.831. The van der Waals surface area contributed by atoms with E-state index >= 15 is 0 Å². The van der Waals surface area contributed by atoms with Crippen LogP contribution in [0.2, 0.25) is 0 Å². The predicted molar refractivity (Wildman–Crippen MR) is 95.3 cm³/mol. The first-order valence-corrected chi connectivity index (χ1v) is 8.12. The highest BCUT2D eigenvalue weighted by Crippen LogP contribution is 2.23. The maximum Gasteiger partial charge on any atom is 0.328 e. The highest BCUT2D eigenvalue weighted by Gasteiger charge is 2.39. The van der Waals surface area contributed by atoms with Crippen LogP contribution in [0.5, 0.6) is 0 Å². The fraction of sp³-hybridized carbons (Fsp3) is 0.211. The van der Waals surface area contributed by atoms with Gasteiger partial charge in [-0.3, -0.25) is 9.59 Å². The van der Waals surface area contributed by atoms with E-state index in [2.05, 4.69) is 10.6 Å². The van der Waals surface area contributed by atoms with Crippen molar-refractivity contribution in [2.75, 3.05) is 16.8 Å². The number of benzene rings is 2. The molecule has 134 valence electrons. The number of imide groups is 1. The molecule has 26 heavy (non-hydrogen) atoms. The molecule has 2 N–H and O–H groups in total. The van der Waals surface area contributed by atoms with E-state index in [4.69, 9.17) is 0 Å². The summed E-state index contributed by atoms with van der Waals surface area (Å²) in [6.07, 6.45) is 0. The number of urea groups is 1. The van der Waals surface area contributed by atoms with E-state index in [-0.39, 0.29) is 12.2 Å². The number of nitrogens with one attached hydrogen (secondary N) is 2. The number of halogens is 1. The molecule has 1 fully saturated rings. The Kier molecular flexibility index (Phi) is 4.71. The molecule has 6 nitrogen and oxygen atoms in total. The predicted octanol–water partition coefficient (Wildman–Crippen LogP) is 2.75. The molecule has 1 aliphatic heterocycles. The summed E-state index contributed by atoms with van der Waals surface area (Å²) in [6, 6.07) is 10.0. The van der Waals surface area contributed by atoms with Gasteiger partial charge in [0, 0.05) is 12.2 Å². The van der Waals surface area contributed by atoms with Crippen LogP contribution in [0.15, 0.2) is 42.5 Å². The molecule has 3 rings (SSSR count). The number of hydrogen-bond acceptors (Lipinski definition) is 3. The molecule has 0 aromatic heterocycles. The van der Waals surface area contributed by atoms with Crippen molar-refractivity contribution in [3.63, 3.8) is 0 Å². The van der Waals surface area contributed by atoms with Crippen LogP contribution in [0.1, 0.15) is 11.1 Å². The zero-order chi connectivity index (χ0) is 18.8. The molecule has 0 saturated carbocycles. The second kappa shape index (κ2) is 6.95. The number of amides is 4. The van der Waals surface area contributed by atoms with Crippen LogP contribution in [0, 0.1) is 25.6 Å². The molecule has 0 bridgehead atoms. The van der Waals surface area contributed by atoms with Gasteiger partial charge in [-0.2, -0.15) is 0 Å². The summed E-state index contributed by atoms with van der Waals surface area (Å²) >= 11 is 0. The summed E-state index contributed by atoms with van der Waals surface area (Å²) in [5.74, 6) is -2.82. The molecule has 0 aliphatic carbocycles. The normalized spacial score (nSPS) is 17.0. The van der Waals surface area contributed by atoms with Gasteiger partial charge < -0.3 is 10.6 Å². The fourth-order valence-corrected chi connectivity index (χ4v) is 2.72. The molecule has 0 radical (unpaired) electrons. The van der Waals surface area contributed by atoms with E-state index in [0.717, 1.165) is 22.1 Å². The first-order valence-electron chi connectivity index (χ1n) is 8.12. The third-order valence-corrected chi connectivity index (χ3v) is 4.34. The lowest BCUT2D eigenvalue weighted by molar-refractivity contribution is -0.130. The molecule has 2 aromatic carbocycles. The number of aryl methyl sites for hydroxylation is 2. The van der Waals surface area contributed by atoms with Gasteiger partial charge in [0.05, 0.1) is 5.69 Å². The van der Waals surface area contributed by atoms with Crippen molar-refractivity contribution >= 4 is 29.2 Å². The number of hydrogen-bond donors (Lipinski definition) is 2. The molecular formula is C19H18FN3O3. The monoisotopic (exact) mass is 355 g/mol. The van der Waals surface area contributed by atoms with E-state index in [0.29, 0.717) is 5.69 Å². The molecule has 4 amide bonds. The average Bonchev–Trinajstić information content (AvgIpc) is 2.58. The first-order chi connectivity index (χ1) is 12.4. The standard InChI is InChI=1S/C19H18FN3O3/c1-11-6-7-15(8-12(11)2)23-18(25)16(10-21-19(23)26)17(24)22-14-5-3-4-13(20)9-14/h3-9,16H,10H2,1-2H3,(H,21,26)(H,22,24). The Labute approximate surface area is 150 Å². The topological polar surface area (TPSA) is 78.5 Å². The Bertz CT molecular complexity index is 897. The summed E-state index contributed by atoms with van der Waals surface area (Å²) in [5, 5.41) is 5.07. The third-order valence-electron chi connectivity index (χ3n) is 4.34. The highest BCUT2D eigenvalue weighted by molar-refractivity contribution is 6.23. The van der Waals surface area contributed by atoms with Gasteiger partial charge in [0.1, 0.15) is 11.7 Å². The number of rotatable bonds is 3. The van der Waals surface area contributed by atoms with Gasteiger partial charge in [0.2, 0.25) is 11.8 Å². The lowest BCUT2D eigenvalue weighted by atomic mass is 10.0. The average molecular weight is 355 g/mol. The van der Waals surface area contributed by atoms with Crippen molar-refractivity contribution in [3.05, 3.63) is 59.4 Å². The van der Waals surface area contributed by atoms with Crippen molar-refractivity contribution in [1.29, 1.82) is 0 Å². The van der Waals surface area contributed by atoms with Crippen LogP contribution in [0.4, 0.5) is 20.6 Å². The lowest BCUT2D eigenvalue weighted by Gasteiger charge is -2.31. The van der Waals surface area contributed by atoms with Crippen molar-refractivity contribution < 1.29 is 18.8 Å². The van der Waals surface area contributed by atoms with Crippen molar-refractivity contribution in [3.8, 4) is 0 Å². The molecule has 1 saturated heterocycles. The molecule has 1 atom stereocenters. The molecule has 1 heterocycles. The minimum atomic E-state index is -1.10. The minimum absolute atomic E-state index is 0.111. The second-order valence-corrected chi connectivity index (χ2v) is 6.18. The number of carbonyl (C=O) groups is 3. The van der Waals surface area contributed by atoms with Gasteiger partial charge in [0.25, 0.3) is 0 Å². The second-order valence-electron chi connectivity index (χ2n) is 6.18. The van der Waals surface area contributed by atoms with Gasteiger partial charge >= 0.3 is 6.03 Å². The highest BCUT2D eigenvalue weighted by atomic mass is 19.1. The maximum absolute atomic E-state index is 13.3. The first kappa shape index (κ1) is 17.6. The van der Waals surface area contributed by atoms with Gasteiger partial charge in [0.15, 0.2) is 0 Å². The zero-order valence-corrected chi connectivity index (χ0v) is 14.4. The SMILES string of the molecule is Cc1ccc(N2C(=O)NCC(C(=O)Nc3cccc(F)c3)C2=O)cc1C. The minimum Gasteiger partial charge on any atom is -0.336 e. The van der Waals surface area contributed by atoms with Crippen LogP contribution in [0.25, 0.3) is 0 Å². The smallest absolute Gasteiger partial charge is 0.328 e. The van der Waals surface area contributed by atoms with Crippen molar-refractivity contribution in [2.24, 2.45) is 5.92 Å². The van der Waals surface area contributed by atoms with E-state index < -0.39 is 29.6 Å². The third kappa shape index (κ3) is 3.42. The molecular weight excluding hydrogens is 337 g/mol. The van der Waals surface area contributed by atoms with Crippen LogP contribution >= 0.6 is 0 Å². The zero-order valence-electron chi connectivity index (χ0n) is 14.4. The number of anilines is 2. The summed E-state index contributed by atoms with van der Waals surface area (Å²) in [5.41, 5.74) is 2.60. The summed E-state index contributed by atoms with van der Waals surface area (Å²) < 4.78 is 13.3. The lowest BCUT2D eigenvalue weighted by Crippen LogP contribution is -2.58. The number of carbonyl (C=O) groups excluding carboxylic acids is 3. The van der Waals surface area contributed by atoms with Crippen molar-refractivity contribution in [2.45, 2.75) is 13.8 Å². The van der Waals surface area contributed by atoms with E-state index in [1.54, 1.807) is 12.1 Å². The Hall–Kier alpha value is -3.22. The molecule has 7 heteroatoms. The summed E-state index contributed by atoms with van der Waals surface area (Å²) in [6.45, 7) is 3.69. The van der Waals surface area contributed by atoms with E-state index in [9.17, 15) is 18.8 Å². The molecule has 1 aliphatic rings. The largest absolute Gasteiger partial charge is 0.336 e. The summed E-state index contributed by atoms with van der Waals surface area (Å²) in [4.78, 5) is 38.4. The molecule has 0 spiro atoms. The van der Waals surface area contributed by atoms with Crippen LogP contribution in [0.3, 0.4) is 0 Å². The van der Waals surface area contributed by atoms with Gasteiger partial charge in [-0.1, -0.05) is 12.1 Å². The maximum atomic E-state index is 13.3. The van der Waals surface area contributed by atoms with Crippen molar-refractivity contribution in [1.82, 2.24) is 5.32 Å². The Morgan fingerprint density at radius 2 is 1.92 bits per heavy atom. The fourth-order valence-electron chi connectivity index (χ4n) is 2.72. The van der Waals surface area contributed by atoms with E-state index in [1.165, 1.54) is 18.2 Å². The van der Waals surface area contributed by atoms with Crippen LogP contribution < -0.4 is 15.5 Å². The summed E-state index contributed by atoms with van der Waals surface area (Å²) in [7, 11) is 0. The van der Waals surface area contributed by atoms with Gasteiger partial charge in [-0.05, 0) is 55.3 Å². The van der Waals surface area contributed by atoms with Crippen LogP contribution in [-0.2, 0) is 9.59 Å². The Morgan fingerprint density at radius 3 is 2.62 bits per heavy atom. The molecule has 2 aromatic rings. The van der Waals surface area contributed by atoms with Crippen LogP contribution in [-0.4, -0.2) is 24.4 Å². The van der Waals surface area contributed by atoms with Gasteiger partial charge in [-0.15, -0.1) is 0 Å². The van der Waals surface area contributed by atoms with E-state index in [1.807, 2.05) is 19.9 Å². The molecule has 1 unspecified atom stereocenters. The Balaban J connectivity index is 1.83. The number of nitrogens with zero attached hydrogens (tertiary/aromatic N) is 1.